The molecule has 0 amide bonds. The number of fused-ring (bicyclic) bond motifs is 9. The van der Waals surface area contributed by atoms with Crippen molar-refractivity contribution in [2.24, 2.45) is 0 Å². The van der Waals surface area contributed by atoms with Crippen molar-refractivity contribution in [2.45, 2.75) is 0 Å². The first-order valence-electron chi connectivity index (χ1n) is 21.7. The molecule has 5 heteroatoms. The minimum Gasteiger partial charge on any atom is -0.309 e. The predicted octanol–water partition coefficient (Wildman–Crippen LogP) is 15.0. The standard InChI is InChI=1S/C59H37N5/c1-5-17-38(18-6-1)42-29-31-48-49-36-51-55(63(44-25-11-4-12-26-44)52-32-30-39-19-13-16-28-47(39)56(51)52)37-54(49)64(53(48)34-42)45-33-43-24-14-15-27-46(43)50(35-45)59-61-57(40-20-7-2-8-21-40)60-58(62-59)41-22-9-3-10-23-41/h1-37H. The van der Waals surface area contributed by atoms with E-state index in [1.807, 2.05) is 36.4 Å². The van der Waals surface area contributed by atoms with Gasteiger partial charge in [0.1, 0.15) is 0 Å². The van der Waals surface area contributed by atoms with Crippen LogP contribution in [-0.4, -0.2) is 24.1 Å². The van der Waals surface area contributed by atoms with E-state index in [1.54, 1.807) is 0 Å². The van der Waals surface area contributed by atoms with Crippen LogP contribution < -0.4 is 0 Å². The third kappa shape index (κ3) is 5.75. The van der Waals surface area contributed by atoms with Gasteiger partial charge in [-0.15, -0.1) is 0 Å². The van der Waals surface area contributed by atoms with Gasteiger partial charge in [-0.2, -0.15) is 0 Å². The molecule has 0 saturated heterocycles. The fraction of sp³-hybridized carbons (Fsp3) is 0. The van der Waals surface area contributed by atoms with Gasteiger partial charge in [-0.05, 0) is 81.2 Å². The summed E-state index contributed by atoms with van der Waals surface area (Å²) in [4.78, 5) is 15.5. The molecular weight excluding hydrogens is 779 g/mol. The minimum absolute atomic E-state index is 0.620. The zero-order valence-corrected chi connectivity index (χ0v) is 34.6. The molecule has 0 saturated carbocycles. The zero-order valence-electron chi connectivity index (χ0n) is 34.6. The van der Waals surface area contributed by atoms with Crippen molar-refractivity contribution in [3.8, 4) is 56.7 Å². The van der Waals surface area contributed by atoms with Crippen molar-refractivity contribution < 1.29 is 0 Å². The summed E-state index contributed by atoms with van der Waals surface area (Å²) in [7, 11) is 0. The Kier molecular flexibility index (Phi) is 8.15. The molecule has 0 radical (unpaired) electrons. The summed E-state index contributed by atoms with van der Waals surface area (Å²) in [6.45, 7) is 0. The third-order valence-corrected chi connectivity index (χ3v) is 12.7. The van der Waals surface area contributed by atoms with Crippen LogP contribution in [0.25, 0.3) is 122 Å². The van der Waals surface area contributed by atoms with Crippen molar-refractivity contribution in [1.82, 2.24) is 24.1 Å². The Bertz CT molecular complexity index is 3870. The van der Waals surface area contributed by atoms with Gasteiger partial charge >= 0.3 is 0 Å². The Labute approximate surface area is 368 Å². The van der Waals surface area contributed by atoms with Crippen LogP contribution in [-0.2, 0) is 0 Å². The van der Waals surface area contributed by atoms with E-state index >= 15 is 0 Å². The largest absolute Gasteiger partial charge is 0.309 e. The number of benzene rings is 10. The monoisotopic (exact) mass is 815 g/mol. The predicted molar refractivity (Wildman–Crippen MR) is 265 cm³/mol. The number of aromatic nitrogens is 5. The summed E-state index contributed by atoms with van der Waals surface area (Å²) in [5.41, 5.74) is 11.8. The molecule has 0 aliphatic rings. The van der Waals surface area contributed by atoms with Crippen LogP contribution in [0.15, 0.2) is 224 Å². The molecule has 0 bridgehead atoms. The Hall–Kier alpha value is -8.67. The molecule has 3 heterocycles. The summed E-state index contributed by atoms with van der Waals surface area (Å²) in [6.07, 6.45) is 0. The lowest BCUT2D eigenvalue weighted by Gasteiger charge is -2.15. The molecular formula is C59H37N5. The lowest BCUT2D eigenvalue weighted by atomic mass is 10.0. The van der Waals surface area contributed by atoms with Crippen LogP contribution in [0.2, 0.25) is 0 Å². The molecule has 3 aromatic heterocycles. The molecule has 10 aromatic carbocycles. The van der Waals surface area contributed by atoms with E-state index in [0.29, 0.717) is 17.5 Å². The summed E-state index contributed by atoms with van der Waals surface area (Å²) in [5, 5.41) is 9.49. The maximum atomic E-state index is 5.25. The number of nitrogens with zero attached hydrogens (tertiary/aromatic N) is 5. The molecule has 13 aromatic rings. The normalized spacial score (nSPS) is 11.8. The lowest BCUT2D eigenvalue weighted by molar-refractivity contribution is 1.07. The Morgan fingerprint density at radius 1 is 0.266 bits per heavy atom. The zero-order chi connectivity index (χ0) is 42.1. The summed E-state index contributed by atoms with van der Waals surface area (Å²) >= 11 is 0. The highest BCUT2D eigenvalue weighted by atomic mass is 15.0. The quantitative estimate of drug-likeness (QED) is 0.168. The second-order valence-corrected chi connectivity index (χ2v) is 16.4. The van der Waals surface area contributed by atoms with E-state index in [2.05, 4.69) is 197 Å². The average Bonchev–Trinajstić information content (AvgIpc) is 3.87. The van der Waals surface area contributed by atoms with Gasteiger partial charge in [-0.25, -0.2) is 15.0 Å². The van der Waals surface area contributed by atoms with Crippen molar-refractivity contribution in [2.75, 3.05) is 0 Å². The molecule has 0 atom stereocenters. The third-order valence-electron chi connectivity index (χ3n) is 12.7. The first-order chi connectivity index (χ1) is 31.7. The van der Waals surface area contributed by atoms with Crippen LogP contribution in [0.5, 0.6) is 0 Å². The van der Waals surface area contributed by atoms with Crippen LogP contribution in [0.3, 0.4) is 0 Å². The summed E-state index contributed by atoms with van der Waals surface area (Å²) in [5.74, 6) is 1.88. The molecule has 5 nitrogen and oxygen atoms in total. The highest BCUT2D eigenvalue weighted by Crippen LogP contribution is 2.44. The number of para-hydroxylation sites is 1. The molecule has 13 rings (SSSR count). The number of rotatable bonds is 6. The van der Waals surface area contributed by atoms with Gasteiger partial charge in [0.25, 0.3) is 0 Å². The lowest BCUT2D eigenvalue weighted by Crippen LogP contribution is -2.02. The fourth-order valence-corrected chi connectivity index (χ4v) is 9.78. The minimum atomic E-state index is 0.620. The second-order valence-electron chi connectivity index (χ2n) is 16.4. The topological polar surface area (TPSA) is 48.5 Å². The van der Waals surface area contributed by atoms with Gasteiger partial charge in [-0.1, -0.05) is 176 Å². The number of hydrogen-bond donors (Lipinski definition) is 0. The van der Waals surface area contributed by atoms with Crippen LogP contribution in [0, 0.1) is 0 Å². The van der Waals surface area contributed by atoms with Gasteiger partial charge in [0.05, 0.1) is 22.1 Å². The Morgan fingerprint density at radius 3 is 1.52 bits per heavy atom. The fourth-order valence-electron chi connectivity index (χ4n) is 9.78. The van der Waals surface area contributed by atoms with Gasteiger partial charge in [-0.3, -0.25) is 0 Å². The first kappa shape index (κ1) is 36.0. The molecule has 0 fully saturated rings. The van der Waals surface area contributed by atoms with Gasteiger partial charge in [0.15, 0.2) is 17.5 Å². The molecule has 0 spiro atoms. The first-order valence-corrected chi connectivity index (χ1v) is 21.7. The van der Waals surface area contributed by atoms with Gasteiger partial charge < -0.3 is 9.13 Å². The average molecular weight is 816 g/mol. The molecule has 0 N–H and O–H groups in total. The van der Waals surface area contributed by atoms with Crippen molar-refractivity contribution >= 4 is 65.2 Å². The summed E-state index contributed by atoms with van der Waals surface area (Å²) < 4.78 is 4.88. The van der Waals surface area contributed by atoms with Crippen LogP contribution in [0.4, 0.5) is 0 Å². The molecule has 64 heavy (non-hydrogen) atoms. The molecule has 0 aliphatic carbocycles. The Morgan fingerprint density at radius 2 is 0.812 bits per heavy atom. The van der Waals surface area contributed by atoms with E-state index in [4.69, 9.17) is 15.0 Å². The van der Waals surface area contributed by atoms with Crippen LogP contribution in [0.1, 0.15) is 0 Å². The second kappa shape index (κ2) is 14.5. The highest BCUT2D eigenvalue weighted by molar-refractivity contribution is 6.25. The molecule has 0 unspecified atom stereocenters. The van der Waals surface area contributed by atoms with Crippen molar-refractivity contribution in [3.63, 3.8) is 0 Å². The number of hydrogen-bond acceptors (Lipinski definition) is 3. The van der Waals surface area contributed by atoms with Crippen molar-refractivity contribution in [3.05, 3.63) is 224 Å². The van der Waals surface area contributed by atoms with E-state index in [0.717, 1.165) is 61.0 Å². The molecule has 0 aliphatic heterocycles. The van der Waals surface area contributed by atoms with Gasteiger partial charge in [0, 0.05) is 49.6 Å². The maximum absolute atomic E-state index is 5.25. The smallest absolute Gasteiger partial charge is 0.164 e. The van der Waals surface area contributed by atoms with Crippen molar-refractivity contribution in [1.29, 1.82) is 0 Å². The van der Waals surface area contributed by atoms with E-state index in [1.165, 1.54) is 43.4 Å². The van der Waals surface area contributed by atoms with Gasteiger partial charge in [0.2, 0.25) is 0 Å². The van der Waals surface area contributed by atoms with E-state index in [-0.39, 0.29) is 0 Å². The summed E-state index contributed by atoms with van der Waals surface area (Å²) in [6, 6.07) is 80.0. The maximum Gasteiger partial charge on any atom is 0.164 e. The SMILES string of the molecule is c1ccc(-c2ccc3c4cc5c6c7ccccc7ccc6n(-c6ccccc6)c5cc4n(-c4cc(-c5nc(-c6ccccc6)nc(-c6ccccc6)n5)c5ccccc5c4)c3c2)cc1. The molecule has 298 valence electrons. The highest BCUT2D eigenvalue weighted by Gasteiger charge is 2.22. The van der Waals surface area contributed by atoms with Crippen LogP contribution >= 0.6 is 0 Å². The van der Waals surface area contributed by atoms with E-state index in [9.17, 15) is 0 Å². The van der Waals surface area contributed by atoms with E-state index < -0.39 is 0 Å². The Balaban J connectivity index is 1.15.